The second-order valence-corrected chi connectivity index (χ2v) is 4.43. The number of nitrogens with two attached hydrogens (primary N) is 1. The quantitative estimate of drug-likeness (QED) is 0.912. The van der Waals surface area contributed by atoms with Crippen molar-refractivity contribution in [3.8, 4) is 10.9 Å². The van der Waals surface area contributed by atoms with Gasteiger partial charge in [0.2, 0.25) is 0 Å². The number of benzene rings is 1. The highest BCUT2D eigenvalue weighted by molar-refractivity contribution is 7.11. The van der Waals surface area contributed by atoms with Crippen molar-refractivity contribution in [2.75, 3.05) is 6.54 Å². The molecule has 0 bridgehead atoms. The molecule has 5 heteroatoms. The van der Waals surface area contributed by atoms with Crippen LogP contribution in [0, 0.1) is 0 Å². The van der Waals surface area contributed by atoms with Crippen LogP contribution in [0.3, 0.4) is 0 Å². The van der Waals surface area contributed by atoms with Gasteiger partial charge in [-0.15, -0.1) is 0 Å². The van der Waals surface area contributed by atoms with Gasteiger partial charge in [-0.3, -0.25) is 0 Å². The average Bonchev–Trinajstić information content (AvgIpc) is 2.67. The first-order valence-corrected chi connectivity index (χ1v) is 6.11. The van der Waals surface area contributed by atoms with Crippen molar-refractivity contribution >= 4 is 22.9 Å². The van der Waals surface area contributed by atoms with Gasteiger partial charge in [-0.25, -0.2) is 0 Å². The number of rotatable bonds is 4. The molecule has 0 aliphatic rings. The van der Waals surface area contributed by atoms with Gasteiger partial charge < -0.3 is 10.5 Å². The van der Waals surface area contributed by atoms with Crippen LogP contribution in [0.4, 0.5) is 0 Å². The van der Waals surface area contributed by atoms with E-state index in [4.69, 9.17) is 22.1 Å². The van der Waals surface area contributed by atoms with Gasteiger partial charge in [-0.2, -0.15) is 4.98 Å². The van der Waals surface area contributed by atoms with E-state index in [0.717, 1.165) is 12.2 Å². The fourth-order valence-corrected chi connectivity index (χ4v) is 2.08. The van der Waals surface area contributed by atoms with Crippen LogP contribution in [0.5, 0.6) is 10.9 Å². The van der Waals surface area contributed by atoms with E-state index in [-0.39, 0.29) is 0 Å². The first kappa shape index (κ1) is 11.4. The molecule has 2 N–H and O–H groups in total. The number of thiazole rings is 1. The van der Waals surface area contributed by atoms with Gasteiger partial charge in [0, 0.05) is 5.38 Å². The lowest BCUT2D eigenvalue weighted by Gasteiger charge is -2.02. The zero-order valence-corrected chi connectivity index (χ0v) is 10.1. The lowest BCUT2D eigenvalue weighted by Crippen LogP contribution is -2.02. The molecule has 1 aromatic heterocycles. The Labute approximate surface area is 103 Å². The van der Waals surface area contributed by atoms with Crippen LogP contribution in [-0.4, -0.2) is 11.5 Å². The van der Waals surface area contributed by atoms with E-state index >= 15 is 0 Å². The highest BCUT2D eigenvalue weighted by atomic mass is 35.5. The first-order valence-electron chi connectivity index (χ1n) is 4.86. The summed E-state index contributed by atoms with van der Waals surface area (Å²) >= 11 is 7.07. The number of hydrogen-bond acceptors (Lipinski definition) is 4. The predicted molar refractivity (Wildman–Crippen MR) is 66.4 cm³/mol. The third-order valence-electron chi connectivity index (χ3n) is 2.02. The van der Waals surface area contributed by atoms with E-state index in [0.29, 0.717) is 16.9 Å². The van der Waals surface area contributed by atoms with E-state index in [1.54, 1.807) is 5.38 Å². The van der Waals surface area contributed by atoms with Crippen LogP contribution in [0.25, 0.3) is 0 Å². The SMILES string of the molecule is NCCc1ccc(Oc2nc(Cl)cs2)cc1. The van der Waals surface area contributed by atoms with E-state index in [2.05, 4.69) is 4.98 Å². The molecular weight excluding hydrogens is 244 g/mol. The summed E-state index contributed by atoms with van der Waals surface area (Å²) in [6, 6.07) is 7.80. The summed E-state index contributed by atoms with van der Waals surface area (Å²) in [6.45, 7) is 0.655. The van der Waals surface area contributed by atoms with Crippen molar-refractivity contribution in [2.24, 2.45) is 5.73 Å². The summed E-state index contributed by atoms with van der Waals surface area (Å²) in [5.41, 5.74) is 6.67. The second kappa shape index (κ2) is 5.30. The van der Waals surface area contributed by atoms with Crippen molar-refractivity contribution in [1.29, 1.82) is 0 Å². The van der Waals surface area contributed by atoms with Crippen LogP contribution in [0.2, 0.25) is 5.15 Å². The summed E-state index contributed by atoms with van der Waals surface area (Å²) in [5.74, 6) is 0.756. The molecule has 0 saturated heterocycles. The third-order valence-corrected chi connectivity index (χ3v) is 3.06. The molecule has 3 nitrogen and oxygen atoms in total. The van der Waals surface area contributed by atoms with Crippen LogP contribution < -0.4 is 10.5 Å². The van der Waals surface area contributed by atoms with Crippen molar-refractivity contribution in [1.82, 2.24) is 4.98 Å². The summed E-state index contributed by atoms with van der Waals surface area (Å²) in [7, 11) is 0. The fourth-order valence-electron chi connectivity index (χ4n) is 1.28. The van der Waals surface area contributed by atoms with Crippen LogP contribution in [-0.2, 0) is 6.42 Å². The smallest absolute Gasteiger partial charge is 0.280 e. The van der Waals surface area contributed by atoms with Gasteiger partial charge in [0.1, 0.15) is 10.9 Å². The molecule has 84 valence electrons. The molecule has 0 radical (unpaired) electrons. The Bertz CT molecular complexity index is 455. The summed E-state index contributed by atoms with van der Waals surface area (Å²) in [5, 5.41) is 2.75. The molecule has 0 aliphatic carbocycles. The van der Waals surface area contributed by atoms with Gasteiger partial charge >= 0.3 is 0 Å². The Morgan fingerprint density at radius 3 is 2.62 bits per heavy atom. The topological polar surface area (TPSA) is 48.1 Å². The maximum absolute atomic E-state index is 5.70. The summed E-state index contributed by atoms with van der Waals surface area (Å²) < 4.78 is 5.52. The summed E-state index contributed by atoms with van der Waals surface area (Å²) in [6.07, 6.45) is 0.878. The molecular formula is C11H11ClN2OS. The minimum atomic E-state index is 0.458. The Morgan fingerprint density at radius 2 is 2.06 bits per heavy atom. The summed E-state index contributed by atoms with van der Waals surface area (Å²) in [4.78, 5) is 4.01. The van der Waals surface area contributed by atoms with Crippen molar-refractivity contribution in [3.63, 3.8) is 0 Å². The Hall–Kier alpha value is -1.10. The standard InChI is InChI=1S/C11H11ClN2OS/c12-10-7-16-11(14-10)15-9-3-1-8(2-4-9)5-6-13/h1-4,7H,5-6,13H2. The number of nitrogens with zero attached hydrogens (tertiary/aromatic N) is 1. The fraction of sp³-hybridized carbons (Fsp3) is 0.182. The van der Waals surface area contributed by atoms with Gasteiger partial charge in [0.15, 0.2) is 0 Å². The van der Waals surface area contributed by atoms with Crippen molar-refractivity contribution in [2.45, 2.75) is 6.42 Å². The number of hydrogen-bond donors (Lipinski definition) is 1. The molecule has 16 heavy (non-hydrogen) atoms. The molecule has 0 fully saturated rings. The Morgan fingerprint density at radius 1 is 1.31 bits per heavy atom. The largest absolute Gasteiger partial charge is 0.431 e. The molecule has 0 amide bonds. The number of ether oxygens (including phenoxy) is 1. The first-order chi connectivity index (χ1) is 7.78. The van der Waals surface area contributed by atoms with Gasteiger partial charge in [0.25, 0.3) is 5.19 Å². The lowest BCUT2D eigenvalue weighted by atomic mass is 10.1. The second-order valence-electron chi connectivity index (χ2n) is 3.22. The van der Waals surface area contributed by atoms with E-state index < -0.39 is 0 Å². The molecule has 1 heterocycles. The van der Waals surface area contributed by atoms with Crippen LogP contribution in [0.1, 0.15) is 5.56 Å². The maximum atomic E-state index is 5.70. The van der Waals surface area contributed by atoms with Crippen molar-refractivity contribution < 1.29 is 4.74 Å². The highest BCUT2D eigenvalue weighted by Gasteiger charge is 2.02. The normalized spacial score (nSPS) is 10.4. The van der Waals surface area contributed by atoms with Gasteiger partial charge in [-0.1, -0.05) is 35.1 Å². The van der Waals surface area contributed by atoms with E-state index in [1.165, 1.54) is 16.9 Å². The zero-order valence-electron chi connectivity index (χ0n) is 8.52. The molecule has 2 aromatic rings. The molecule has 0 atom stereocenters. The lowest BCUT2D eigenvalue weighted by molar-refractivity contribution is 0.478. The molecule has 2 rings (SSSR count). The minimum absolute atomic E-state index is 0.458. The molecule has 0 aliphatic heterocycles. The third kappa shape index (κ3) is 2.95. The molecule has 1 aromatic carbocycles. The van der Waals surface area contributed by atoms with Crippen LogP contribution in [0.15, 0.2) is 29.6 Å². The zero-order chi connectivity index (χ0) is 11.4. The Balaban J connectivity index is 2.05. The van der Waals surface area contributed by atoms with E-state index in [1.807, 2.05) is 24.3 Å². The Kier molecular flexibility index (Phi) is 3.77. The molecule has 0 unspecified atom stereocenters. The number of aromatic nitrogens is 1. The highest BCUT2D eigenvalue weighted by Crippen LogP contribution is 2.27. The van der Waals surface area contributed by atoms with E-state index in [9.17, 15) is 0 Å². The van der Waals surface area contributed by atoms with Gasteiger partial charge in [-0.05, 0) is 30.7 Å². The molecule has 0 saturated carbocycles. The van der Waals surface area contributed by atoms with Crippen LogP contribution >= 0.6 is 22.9 Å². The number of halogens is 1. The maximum Gasteiger partial charge on any atom is 0.280 e. The average molecular weight is 255 g/mol. The van der Waals surface area contributed by atoms with Gasteiger partial charge in [0.05, 0.1) is 0 Å². The minimum Gasteiger partial charge on any atom is -0.431 e. The monoisotopic (exact) mass is 254 g/mol. The molecule has 0 spiro atoms. The van der Waals surface area contributed by atoms with Crippen molar-refractivity contribution in [3.05, 3.63) is 40.4 Å². The predicted octanol–water partition coefficient (Wildman–Crippen LogP) is 3.09.